The summed E-state index contributed by atoms with van der Waals surface area (Å²) in [7, 11) is 0. The number of amides is 1. The molecule has 0 heterocycles. The first-order chi connectivity index (χ1) is 9.90. The van der Waals surface area contributed by atoms with E-state index in [9.17, 15) is 19.3 Å². The maximum atomic E-state index is 13.8. The number of nitrogens with one attached hydrogen (secondary N) is 2. The number of anilines is 1. The molecule has 2 N–H and O–H groups in total. The van der Waals surface area contributed by atoms with Crippen LogP contribution >= 0.6 is 0 Å². The van der Waals surface area contributed by atoms with E-state index in [2.05, 4.69) is 10.6 Å². The predicted molar refractivity (Wildman–Crippen MR) is 79.1 cm³/mol. The summed E-state index contributed by atoms with van der Waals surface area (Å²) in [5, 5.41) is 16.5. The molecule has 0 bridgehead atoms. The quantitative estimate of drug-likeness (QED) is 0.598. The van der Waals surface area contributed by atoms with Crippen molar-refractivity contribution in [3.05, 3.63) is 33.6 Å². The van der Waals surface area contributed by atoms with Gasteiger partial charge in [0.2, 0.25) is 0 Å². The number of carbonyl (C=O) groups excluding carboxylic acids is 1. The van der Waals surface area contributed by atoms with E-state index in [-0.39, 0.29) is 17.3 Å². The van der Waals surface area contributed by atoms with Crippen molar-refractivity contribution < 1.29 is 14.1 Å². The van der Waals surface area contributed by atoms with E-state index in [1.807, 2.05) is 13.8 Å². The summed E-state index contributed by atoms with van der Waals surface area (Å²) in [6.07, 6.45) is 1.46. The highest BCUT2D eigenvalue weighted by Gasteiger charge is 2.24. The lowest BCUT2D eigenvalue weighted by Crippen LogP contribution is -2.32. The fourth-order valence-corrected chi connectivity index (χ4v) is 1.69. The van der Waals surface area contributed by atoms with Crippen molar-refractivity contribution in [3.63, 3.8) is 0 Å². The summed E-state index contributed by atoms with van der Waals surface area (Å²) in [6, 6.07) is 1.86. The lowest BCUT2D eigenvalue weighted by molar-refractivity contribution is -0.385. The monoisotopic (exact) mass is 297 g/mol. The molecule has 21 heavy (non-hydrogen) atoms. The van der Waals surface area contributed by atoms with Gasteiger partial charge in [-0.3, -0.25) is 14.9 Å². The predicted octanol–water partition coefficient (Wildman–Crippen LogP) is 3.08. The molecule has 0 fully saturated rings. The number of nitrogens with zero attached hydrogens (tertiary/aromatic N) is 1. The van der Waals surface area contributed by atoms with Crippen LogP contribution in [0.25, 0.3) is 0 Å². The van der Waals surface area contributed by atoms with E-state index in [1.54, 1.807) is 6.92 Å². The zero-order valence-corrected chi connectivity index (χ0v) is 12.4. The van der Waals surface area contributed by atoms with Crippen LogP contribution in [0, 0.1) is 15.9 Å². The Hall–Kier alpha value is -2.18. The van der Waals surface area contributed by atoms with Gasteiger partial charge >= 0.3 is 0 Å². The van der Waals surface area contributed by atoms with Gasteiger partial charge in [-0.15, -0.1) is 0 Å². The van der Waals surface area contributed by atoms with Gasteiger partial charge in [-0.1, -0.05) is 13.8 Å². The second-order valence-electron chi connectivity index (χ2n) is 4.82. The van der Waals surface area contributed by atoms with Crippen LogP contribution in [0.4, 0.5) is 15.8 Å². The minimum Gasteiger partial charge on any atom is -0.383 e. The van der Waals surface area contributed by atoms with Gasteiger partial charge in [-0.25, -0.2) is 4.39 Å². The highest BCUT2D eigenvalue weighted by atomic mass is 19.1. The van der Waals surface area contributed by atoms with Crippen LogP contribution in [-0.2, 0) is 0 Å². The summed E-state index contributed by atoms with van der Waals surface area (Å²) >= 11 is 0. The molecule has 0 aliphatic carbocycles. The highest BCUT2D eigenvalue weighted by molar-refractivity contribution is 5.99. The smallest absolute Gasteiger partial charge is 0.285 e. The van der Waals surface area contributed by atoms with E-state index in [1.165, 1.54) is 6.07 Å². The molecule has 0 saturated heterocycles. The third kappa shape index (κ3) is 4.40. The molecule has 116 valence electrons. The van der Waals surface area contributed by atoms with Gasteiger partial charge in [-0.2, -0.15) is 0 Å². The van der Waals surface area contributed by atoms with Crippen molar-refractivity contribution in [2.75, 3.05) is 11.9 Å². The molecule has 1 aromatic carbocycles. The summed E-state index contributed by atoms with van der Waals surface area (Å²) in [5.41, 5.74) is -0.576. The van der Waals surface area contributed by atoms with Crippen molar-refractivity contribution >= 4 is 17.3 Å². The van der Waals surface area contributed by atoms with Gasteiger partial charge in [0, 0.05) is 12.6 Å². The Labute approximate surface area is 122 Å². The minimum atomic E-state index is -0.752. The molecule has 1 unspecified atom stereocenters. The molecule has 0 aromatic heterocycles. The highest BCUT2D eigenvalue weighted by Crippen LogP contribution is 2.26. The van der Waals surface area contributed by atoms with Crippen LogP contribution in [0.3, 0.4) is 0 Å². The van der Waals surface area contributed by atoms with E-state index in [0.717, 1.165) is 12.5 Å². The number of halogens is 1. The Morgan fingerprint density at radius 2 is 2.10 bits per heavy atom. The molecule has 6 nitrogen and oxygen atoms in total. The maximum absolute atomic E-state index is 13.8. The molecule has 0 spiro atoms. The lowest BCUT2D eigenvalue weighted by atomic mass is 10.1. The largest absolute Gasteiger partial charge is 0.383 e. The van der Waals surface area contributed by atoms with Crippen molar-refractivity contribution in [3.8, 4) is 0 Å². The van der Waals surface area contributed by atoms with Crippen molar-refractivity contribution in [2.45, 2.75) is 39.7 Å². The van der Waals surface area contributed by atoms with Gasteiger partial charge in [0.1, 0.15) is 5.56 Å². The van der Waals surface area contributed by atoms with Crippen molar-refractivity contribution in [1.29, 1.82) is 0 Å². The van der Waals surface area contributed by atoms with E-state index in [0.29, 0.717) is 13.0 Å². The molecule has 0 aliphatic rings. The molecular formula is C14H20FN3O3. The standard InChI is InChI=1S/C14H20FN3O3/c1-4-6-16-12-7-10(14(19)17-9(3)5-2)13(18(20)21)8-11(12)15/h7-9,16H,4-6H2,1-3H3,(H,17,19). The molecule has 1 amide bonds. The lowest BCUT2D eigenvalue weighted by Gasteiger charge is -2.13. The summed E-state index contributed by atoms with van der Waals surface area (Å²) in [4.78, 5) is 22.4. The number of nitro benzene ring substituents is 1. The Bertz CT molecular complexity index is 534. The zero-order chi connectivity index (χ0) is 16.0. The van der Waals surface area contributed by atoms with Crippen molar-refractivity contribution in [2.24, 2.45) is 0 Å². The first kappa shape index (κ1) is 16.9. The van der Waals surface area contributed by atoms with Gasteiger partial charge in [0.15, 0.2) is 5.82 Å². The van der Waals surface area contributed by atoms with Gasteiger partial charge in [0.25, 0.3) is 11.6 Å². The van der Waals surface area contributed by atoms with Crippen LogP contribution in [0.1, 0.15) is 44.0 Å². The average Bonchev–Trinajstić information content (AvgIpc) is 2.45. The van der Waals surface area contributed by atoms with E-state index >= 15 is 0 Å². The molecule has 7 heteroatoms. The Morgan fingerprint density at radius 3 is 2.62 bits per heavy atom. The van der Waals surface area contributed by atoms with Gasteiger partial charge in [-0.05, 0) is 25.8 Å². The topological polar surface area (TPSA) is 84.3 Å². The fourth-order valence-electron chi connectivity index (χ4n) is 1.69. The molecule has 0 saturated carbocycles. The number of hydrogen-bond acceptors (Lipinski definition) is 4. The second kappa shape index (κ2) is 7.56. The number of benzene rings is 1. The van der Waals surface area contributed by atoms with Crippen LogP contribution in [0.2, 0.25) is 0 Å². The first-order valence-electron chi connectivity index (χ1n) is 6.93. The second-order valence-corrected chi connectivity index (χ2v) is 4.82. The molecule has 1 atom stereocenters. The number of rotatable bonds is 7. The number of hydrogen-bond donors (Lipinski definition) is 2. The van der Waals surface area contributed by atoms with E-state index in [4.69, 9.17) is 0 Å². The van der Waals surface area contributed by atoms with Crippen LogP contribution in [0.15, 0.2) is 12.1 Å². The van der Waals surface area contributed by atoms with E-state index < -0.39 is 22.3 Å². The zero-order valence-electron chi connectivity index (χ0n) is 12.4. The van der Waals surface area contributed by atoms with Crippen LogP contribution in [0.5, 0.6) is 0 Å². The number of nitro groups is 1. The normalized spacial score (nSPS) is 11.8. The maximum Gasteiger partial charge on any atom is 0.285 e. The first-order valence-corrected chi connectivity index (χ1v) is 6.93. The molecule has 0 aliphatic heterocycles. The summed E-state index contributed by atoms with van der Waals surface area (Å²) < 4.78 is 13.8. The van der Waals surface area contributed by atoms with Crippen LogP contribution in [-0.4, -0.2) is 23.4 Å². The Morgan fingerprint density at radius 1 is 1.43 bits per heavy atom. The fraction of sp³-hybridized carbons (Fsp3) is 0.500. The Balaban J connectivity index is 3.19. The summed E-state index contributed by atoms with van der Waals surface area (Å²) in [6.45, 7) is 6.11. The SMILES string of the molecule is CCCNc1cc(C(=O)NC(C)CC)c([N+](=O)[O-])cc1F. The summed E-state index contributed by atoms with van der Waals surface area (Å²) in [5.74, 6) is -1.31. The van der Waals surface area contributed by atoms with Gasteiger partial charge < -0.3 is 10.6 Å². The minimum absolute atomic E-state index is 0.0942. The average molecular weight is 297 g/mol. The Kier molecular flexibility index (Phi) is 6.08. The number of carbonyl (C=O) groups is 1. The molecule has 1 rings (SSSR count). The van der Waals surface area contributed by atoms with Crippen LogP contribution < -0.4 is 10.6 Å². The third-order valence-corrected chi connectivity index (χ3v) is 3.08. The molecule has 1 aromatic rings. The van der Waals surface area contributed by atoms with Gasteiger partial charge in [0.05, 0.1) is 16.7 Å². The third-order valence-electron chi connectivity index (χ3n) is 3.08. The molecule has 0 radical (unpaired) electrons. The van der Waals surface area contributed by atoms with Crippen molar-refractivity contribution in [1.82, 2.24) is 5.32 Å². The molecular weight excluding hydrogens is 277 g/mol.